The number of nitrogens with zero attached hydrogens (tertiary/aromatic N) is 2. The van der Waals surface area contributed by atoms with Crippen LogP contribution in [0.3, 0.4) is 0 Å². The second-order valence-electron chi connectivity index (χ2n) is 13.1. The number of carbonyl (C=O) groups excluding carboxylic acids is 4. The van der Waals surface area contributed by atoms with Crippen LogP contribution in [-0.4, -0.2) is 77.7 Å². The van der Waals surface area contributed by atoms with Crippen LogP contribution >= 0.6 is 0 Å². The Morgan fingerprint density at radius 3 is 2.50 bits per heavy atom. The van der Waals surface area contributed by atoms with Gasteiger partial charge in [0.25, 0.3) is 5.91 Å². The summed E-state index contributed by atoms with van der Waals surface area (Å²) in [6, 6.07) is 4.15. The van der Waals surface area contributed by atoms with E-state index in [2.05, 4.69) is 34.6 Å². The number of likely N-dealkylation sites (tertiary alicyclic amines) is 1. The predicted octanol–water partition coefficient (Wildman–Crippen LogP) is 6.63. The Labute approximate surface area is 329 Å². The molecule has 2 aliphatic heterocycles. The SMILES string of the molecule is CC.CCCCC/C=C\CC1CC1C(=O)NOC1=CC(OC)=CCC=C1.CCOC(=O)NCC(=O)N1CCCC1C(N)=O.O=C(O)N1Cc2cccc(F)c2C1. The van der Waals surface area contributed by atoms with Gasteiger partial charge in [-0.05, 0) is 81.6 Å². The number of benzene rings is 1. The number of amides is 5. The molecule has 5 N–H and O–H groups in total. The number of hydrogen-bond acceptors (Lipinski definition) is 8. The van der Waals surface area contributed by atoms with Gasteiger partial charge in [-0.3, -0.25) is 19.3 Å². The lowest BCUT2D eigenvalue weighted by Gasteiger charge is -2.22. The lowest BCUT2D eigenvalue weighted by atomic mass is 10.1. The van der Waals surface area contributed by atoms with Crippen LogP contribution in [-0.2, 0) is 41.8 Å². The Kier molecular flexibility index (Phi) is 21.5. The molecule has 1 aromatic rings. The van der Waals surface area contributed by atoms with Gasteiger partial charge in [-0.25, -0.2) is 14.0 Å². The number of fused-ring (bicyclic) bond motifs is 1. The molecule has 310 valence electrons. The maximum atomic E-state index is 13.1. The number of hydrogen-bond donors (Lipinski definition) is 4. The summed E-state index contributed by atoms with van der Waals surface area (Å²) in [5, 5.41) is 11.0. The van der Waals surface area contributed by atoms with Crippen molar-refractivity contribution in [2.75, 3.05) is 26.8 Å². The number of hydroxylamine groups is 1. The minimum absolute atomic E-state index is 0.0270. The molecule has 1 saturated heterocycles. The molecule has 5 rings (SSSR count). The van der Waals surface area contributed by atoms with Gasteiger partial charge in [-0.2, -0.15) is 5.48 Å². The lowest BCUT2D eigenvalue weighted by Crippen LogP contribution is -2.47. The van der Waals surface area contributed by atoms with E-state index in [1.54, 1.807) is 32.2 Å². The second kappa shape index (κ2) is 25.7. The molecule has 0 spiro atoms. The summed E-state index contributed by atoms with van der Waals surface area (Å²) < 4.78 is 22.9. The Morgan fingerprint density at radius 2 is 1.84 bits per heavy atom. The fourth-order valence-electron chi connectivity index (χ4n) is 6.05. The zero-order valence-corrected chi connectivity index (χ0v) is 33.4. The van der Waals surface area contributed by atoms with Crippen LogP contribution < -0.4 is 16.5 Å². The van der Waals surface area contributed by atoms with Crippen LogP contribution in [0, 0.1) is 17.7 Å². The quantitative estimate of drug-likeness (QED) is 0.0912. The molecule has 4 aliphatic rings. The van der Waals surface area contributed by atoms with Gasteiger partial charge < -0.3 is 35.4 Å². The maximum Gasteiger partial charge on any atom is 0.407 e. The first kappa shape index (κ1) is 46.8. The number of halogens is 1. The molecule has 0 bridgehead atoms. The third-order valence-electron chi connectivity index (χ3n) is 9.12. The van der Waals surface area contributed by atoms with Gasteiger partial charge in [0.2, 0.25) is 11.8 Å². The first-order valence-electron chi connectivity index (χ1n) is 19.5. The summed E-state index contributed by atoms with van der Waals surface area (Å²) in [6.07, 6.45) is 19.4. The number of alkyl carbamates (subject to hydrolysis) is 1. The highest BCUT2D eigenvalue weighted by Crippen LogP contribution is 2.41. The zero-order chi connectivity index (χ0) is 41.5. The number of rotatable bonds is 14. The second-order valence-corrected chi connectivity index (χ2v) is 13.1. The van der Waals surface area contributed by atoms with Crippen LogP contribution in [0.15, 0.2) is 66.2 Å². The standard InChI is InChI=1S/C20H29NO3.C10H17N3O4.C9H8FNO2.C2H6/c1-3-4-5-6-7-8-11-16-14-19(16)20(22)21-24-18-13-10-9-12-17(15-18)23-2;1-2-17-10(16)12-6-8(14)13-5-3-4-7(13)9(11)15;10-8-3-1-2-6-4-11(9(12)13)5-7(6)8;1-2/h7-8,10,12-13,15-16,19H,3-6,9,11,14H2,1-2H3,(H,21,22);7H,2-6H2,1H3,(H2,11,15)(H,12,16);1-3H,4-5H2,(H,12,13);1-2H3/b8-7-;;;. The number of ether oxygens (including phenoxy) is 2. The van der Waals surface area contributed by atoms with Gasteiger partial charge in [-0.1, -0.05) is 64.0 Å². The molecule has 3 atom stereocenters. The van der Waals surface area contributed by atoms with E-state index in [4.69, 9.17) is 20.4 Å². The highest BCUT2D eigenvalue weighted by molar-refractivity contribution is 5.89. The van der Waals surface area contributed by atoms with Crippen molar-refractivity contribution in [3.05, 3.63) is 83.1 Å². The average Bonchev–Trinajstić information content (AvgIpc) is 3.64. The highest BCUT2D eigenvalue weighted by atomic mass is 19.1. The maximum absolute atomic E-state index is 13.1. The first-order chi connectivity index (χ1) is 27.0. The predicted molar refractivity (Wildman–Crippen MR) is 210 cm³/mol. The molecule has 0 aromatic heterocycles. The number of carbonyl (C=O) groups is 5. The molecule has 14 nitrogen and oxygen atoms in total. The van der Waals surface area contributed by atoms with E-state index in [-0.39, 0.29) is 43.2 Å². The number of carboxylic acid groups (broad SMARTS) is 1. The van der Waals surface area contributed by atoms with Crippen LogP contribution in [0.1, 0.15) is 96.6 Å². The molecule has 15 heteroatoms. The van der Waals surface area contributed by atoms with E-state index >= 15 is 0 Å². The molecule has 3 unspecified atom stereocenters. The molecule has 2 aliphatic carbocycles. The van der Waals surface area contributed by atoms with Gasteiger partial charge >= 0.3 is 12.2 Å². The summed E-state index contributed by atoms with van der Waals surface area (Å²) in [5.41, 5.74) is 9.03. The van der Waals surface area contributed by atoms with Gasteiger partial charge in [0.1, 0.15) is 24.2 Å². The van der Waals surface area contributed by atoms with Crippen molar-refractivity contribution < 1.29 is 47.8 Å². The molecular weight excluding hydrogens is 725 g/mol. The fraction of sp³-hybridized carbons (Fsp3) is 0.537. The number of methoxy groups -OCH3 is 1. The number of primary amides is 1. The number of nitrogens with one attached hydrogen (secondary N) is 2. The van der Waals surface area contributed by atoms with Gasteiger partial charge in [0.15, 0.2) is 5.76 Å². The van der Waals surface area contributed by atoms with Crippen molar-refractivity contribution in [2.45, 2.75) is 105 Å². The average molecular weight is 786 g/mol. The molecule has 56 heavy (non-hydrogen) atoms. The highest BCUT2D eigenvalue weighted by Gasteiger charge is 2.42. The molecular formula is C41H60FN5O9. The first-order valence-corrected chi connectivity index (χ1v) is 19.5. The Bertz CT molecular complexity index is 1580. The fourth-order valence-corrected chi connectivity index (χ4v) is 6.05. The van der Waals surface area contributed by atoms with Crippen molar-refractivity contribution in [1.82, 2.24) is 20.6 Å². The summed E-state index contributed by atoms with van der Waals surface area (Å²) in [5.74, 6) is 0.694. The molecule has 2 heterocycles. The largest absolute Gasteiger partial charge is 0.497 e. The van der Waals surface area contributed by atoms with E-state index in [0.717, 1.165) is 43.4 Å². The number of unbranched alkanes of at least 4 members (excludes halogenated alkanes) is 3. The van der Waals surface area contributed by atoms with Crippen LogP contribution in [0.2, 0.25) is 0 Å². The van der Waals surface area contributed by atoms with E-state index in [9.17, 15) is 28.4 Å². The van der Waals surface area contributed by atoms with Crippen molar-refractivity contribution in [2.24, 2.45) is 17.6 Å². The van der Waals surface area contributed by atoms with Gasteiger partial charge in [0.05, 0.1) is 20.3 Å². The normalized spacial score (nSPS) is 18.9. The Morgan fingerprint density at radius 1 is 1.07 bits per heavy atom. The molecule has 1 saturated carbocycles. The lowest BCUT2D eigenvalue weighted by molar-refractivity contribution is -0.136. The third-order valence-corrected chi connectivity index (χ3v) is 9.12. The minimum atomic E-state index is -1.00. The molecule has 0 radical (unpaired) electrons. The van der Waals surface area contributed by atoms with Crippen LogP contribution in [0.5, 0.6) is 0 Å². The van der Waals surface area contributed by atoms with Crippen LogP contribution in [0.25, 0.3) is 0 Å². The van der Waals surface area contributed by atoms with E-state index < -0.39 is 24.1 Å². The van der Waals surface area contributed by atoms with E-state index in [0.29, 0.717) is 36.8 Å². The summed E-state index contributed by atoms with van der Waals surface area (Å²) >= 11 is 0. The smallest absolute Gasteiger partial charge is 0.407 e. The van der Waals surface area contributed by atoms with Crippen molar-refractivity contribution in [3.8, 4) is 0 Å². The van der Waals surface area contributed by atoms with Gasteiger partial charge in [0, 0.05) is 30.6 Å². The number of nitrogens with two attached hydrogens (primary N) is 1. The van der Waals surface area contributed by atoms with Crippen molar-refractivity contribution >= 4 is 29.9 Å². The van der Waals surface area contributed by atoms with E-state index in [1.165, 1.54) is 35.1 Å². The molecule has 5 amide bonds. The molecule has 2 fully saturated rings. The van der Waals surface area contributed by atoms with Gasteiger partial charge in [-0.15, -0.1) is 0 Å². The summed E-state index contributed by atoms with van der Waals surface area (Å²) in [6.45, 7) is 8.91. The summed E-state index contributed by atoms with van der Waals surface area (Å²) in [7, 11) is 1.62. The monoisotopic (exact) mass is 785 g/mol. The molecule has 1 aromatic carbocycles. The topological polar surface area (TPSA) is 190 Å². The minimum Gasteiger partial charge on any atom is -0.497 e. The van der Waals surface area contributed by atoms with Crippen LogP contribution in [0.4, 0.5) is 14.0 Å². The Balaban J connectivity index is 0.000000297. The van der Waals surface area contributed by atoms with Crippen molar-refractivity contribution in [3.63, 3.8) is 0 Å². The summed E-state index contributed by atoms with van der Waals surface area (Å²) in [4.78, 5) is 64.5. The number of allylic oxidation sites excluding steroid dienone is 6. The van der Waals surface area contributed by atoms with Crippen molar-refractivity contribution in [1.29, 1.82) is 0 Å². The third kappa shape index (κ3) is 16.2. The zero-order valence-electron chi connectivity index (χ0n) is 33.4. The van der Waals surface area contributed by atoms with E-state index in [1.807, 2.05) is 32.1 Å². The Hall–Kier alpha value is -5.34.